The molecule has 0 saturated carbocycles. The molecule has 0 aromatic rings. The maximum Gasteiger partial charge on any atom is 0.430 e. The molecular weight excluding hydrogens is 289 g/mol. The first-order valence-corrected chi connectivity index (χ1v) is 6.08. The van der Waals surface area contributed by atoms with E-state index in [-0.39, 0.29) is 17.8 Å². The van der Waals surface area contributed by atoms with Gasteiger partial charge in [0.15, 0.2) is 0 Å². The predicted octanol–water partition coefficient (Wildman–Crippen LogP) is 3.09. The van der Waals surface area contributed by atoms with Crippen LogP contribution in [0, 0.1) is 0 Å². The zero-order valence-corrected chi connectivity index (χ0v) is 11.3. The molecule has 21 heavy (non-hydrogen) atoms. The molecule has 1 heterocycles. The van der Waals surface area contributed by atoms with Crippen molar-refractivity contribution in [2.24, 2.45) is 0 Å². The van der Waals surface area contributed by atoms with E-state index in [4.69, 9.17) is 14.6 Å². The van der Waals surface area contributed by atoms with E-state index in [2.05, 4.69) is 0 Å². The third kappa shape index (κ3) is 2.96. The van der Waals surface area contributed by atoms with Gasteiger partial charge in [-0.1, -0.05) is 0 Å². The quantitative estimate of drug-likeness (QED) is 0.851. The van der Waals surface area contributed by atoms with Gasteiger partial charge in [0.1, 0.15) is 11.5 Å². The van der Waals surface area contributed by atoms with Crippen LogP contribution in [0.15, 0.2) is 46.5 Å². The molecular formula is C14H13F3O4. The molecule has 1 N–H and O–H groups in total. The highest BCUT2D eigenvalue weighted by molar-refractivity contribution is 5.89. The molecule has 114 valence electrons. The monoisotopic (exact) mass is 302 g/mol. The Morgan fingerprint density at radius 2 is 2.10 bits per heavy atom. The Balaban J connectivity index is 2.52. The number of rotatable bonds is 2. The van der Waals surface area contributed by atoms with E-state index in [1.165, 1.54) is 13.2 Å². The van der Waals surface area contributed by atoms with Gasteiger partial charge >= 0.3 is 12.1 Å². The molecule has 1 aliphatic carbocycles. The Bertz CT molecular complexity index is 594. The van der Waals surface area contributed by atoms with E-state index in [0.29, 0.717) is 11.3 Å². The van der Waals surface area contributed by atoms with Crippen LogP contribution >= 0.6 is 0 Å². The lowest BCUT2D eigenvalue weighted by atomic mass is 9.99. The Hall–Kier alpha value is -2.18. The maximum atomic E-state index is 12.9. The van der Waals surface area contributed by atoms with Crippen molar-refractivity contribution < 1.29 is 32.5 Å². The highest BCUT2D eigenvalue weighted by Gasteiger charge is 2.49. The number of ether oxygens (including phenoxy) is 2. The smallest absolute Gasteiger partial charge is 0.430 e. The van der Waals surface area contributed by atoms with Crippen molar-refractivity contribution >= 4 is 5.97 Å². The number of carboxylic acid groups (broad SMARTS) is 1. The van der Waals surface area contributed by atoms with Crippen LogP contribution in [-0.4, -0.2) is 30.5 Å². The van der Waals surface area contributed by atoms with Gasteiger partial charge in [-0.15, -0.1) is 0 Å². The number of fused-ring (bicyclic) bond motifs is 1. The Labute approximate surface area is 118 Å². The fourth-order valence-electron chi connectivity index (χ4n) is 2.17. The normalized spacial score (nSPS) is 22.3. The minimum Gasteiger partial charge on any atom is -0.500 e. The highest BCUT2D eigenvalue weighted by atomic mass is 19.4. The van der Waals surface area contributed by atoms with Gasteiger partial charge in [-0.05, 0) is 30.7 Å². The van der Waals surface area contributed by atoms with Crippen molar-refractivity contribution in [2.75, 3.05) is 7.11 Å². The Morgan fingerprint density at radius 3 is 2.62 bits per heavy atom. The first kappa shape index (κ1) is 15.2. The average Bonchev–Trinajstić information content (AvgIpc) is 2.53. The number of alkyl halides is 3. The predicted molar refractivity (Wildman–Crippen MR) is 67.1 cm³/mol. The number of aliphatic carboxylic acids is 1. The van der Waals surface area contributed by atoms with Gasteiger partial charge in [-0.25, -0.2) is 4.79 Å². The summed E-state index contributed by atoms with van der Waals surface area (Å²) in [4.78, 5) is 11.0. The first-order chi connectivity index (χ1) is 9.74. The summed E-state index contributed by atoms with van der Waals surface area (Å²) in [5.74, 6) is -1.06. The molecule has 4 nitrogen and oxygen atoms in total. The van der Waals surface area contributed by atoms with E-state index >= 15 is 0 Å². The number of carbonyl (C=O) groups is 1. The van der Waals surface area contributed by atoms with Gasteiger partial charge in [0, 0.05) is 12.0 Å². The minimum absolute atomic E-state index is 0.00808. The fraction of sp³-hybridized carbons (Fsp3) is 0.357. The van der Waals surface area contributed by atoms with E-state index in [1.807, 2.05) is 0 Å². The van der Waals surface area contributed by atoms with Crippen molar-refractivity contribution in [2.45, 2.75) is 25.6 Å². The third-order valence-electron chi connectivity index (χ3n) is 3.20. The van der Waals surface area contributed by atoms with E-state index in [0.717, 1.165) is 6.08 Å². The molecule has 7 heteroatoms. The van der Waals surface area contributed by atoms with Crippen molar-refractivity contribution in [3.8, 4) is 0 Å². The minimum atomic E-state index is -4.80. The lowest BCUT2D eigenvalue weighted by Gasteiger charge is -2.28. The summed E-state index contributed by atoms with van der Waals surface area (Å²) in [5.41, 5.74) is 0.158. The summed E-state index contributed by atoms with van der Waals surface area (Å²) in [7, 11) is 1.46. The molecule has 0 radical (unpaired) electrons. The van der Waals surface area contributed by atoms with Crippen LogP contribution < -0.4 is 0 Å². The molecule has 0 saturated heterocycles. The molecule has 0 bridgehead atoms. The molecule has 0 aromatic heterocycles. The Kier molecular flexibility index (Phi) is 3.85. The first-order valence-electron chi connectivity index (χ1n) is 6.08. The number of carboxylic acids is 1. The van der Waals surface area contributed by atoms with Gasteiger partial charge < -0.3 is 14.6 Å². The second-order valence-electron chi connectivity index (χ2n) is 4.63. The molecule has 0 amide bonds. The van der Waals surface area contributed by atoms with E-state index in [1.54, 1.807) is 13.0 Å². The van der Waals surface area contributed by atoms with Gasteiger partial charge in [-0.3, -0.25) is 0 Å². The van der Waals surface area contributed by atoms with Crippen LogP contribution in [0.25, 0.3) is 0 Å². The van der Waals surface area contributed by atoms with E-state index in [9.17, 15) is 18.0 Å². The number of methoxy groups -OCH3 is 1. The molecule has 0 aromatic carbocycles. The maximum absolute atomic E-state index is 12.9. The average molecular weight is 302 g/mol. The summed E-state index contributed by atoms with van der Waals surface area (Å²) in [6.45, 7) is 1.73. The number of halogens is 3. The van der Waals surface area contributed by atoms with Crippen LogP contribution in [0.5, 0.6) is 0 Å². The third-order valence-corrected chi connectivity index (χ3v) is 3.20. The zero-order chi connectivity index (χ0) is 15.8. The molecule has 0 fully saturated rings. The van der Waals surface area contributed by atoms with Crippen LogP contribution in [0.4, 0.5) is 13.2 Å². The standard InChI is InChI=1S/C14H13F3O4/c1-7-5-8-6-9(13(18)19)12(14(15,16)17)21-11(8)4-3-10(7)20-2/h4-6,12H,3H2,1-2H3,(H,18,19). The summed E-state index contributed by atoms with van der Waals surface area (Å²) in [5, 5.41) is 8.96. The Morgan fingerprint density at radius 1 is 1.43 bits per heavy atom. The van der Waals surface area contributed by atoms with Crippen molar-refractivity contribution in [1.82, 2.24) is 0 Å². The second kappa shape index (κ2) is 5.31. The lowest BCUT2D eigenvalue weighted by Crippen LogP contribution is -2.38. The van der Waals surface area contributed by atoms with Gasteiger partial charge in [-0.2, -0.15) is 13.2 Å². The molecule has 1 unspecified atom stereocenters. The molecule has 2 aliphatic rings. The van der Waals surface area contributed by atoms with Crippen LogP contribution in [-0.2, 0) is 14.3 Å². The zero-order valence-electron chi connectivity index (χ0n) is 11.3. The molecule has 2 rings (SSSR count). The lowest BCUT2D eigenvalue weighted by molar-refractivity contribution is -0.200. The van der Waals surface area contributed by atoms with Crippen LogP contribution in [0.1, 0.15) is 13.3 Å². The van der Waals surface area contributed by atoms with Crippen molar-refractivity contribution in [1.29, 1.82) is 0 Å². The van der Waals surface area contributed by atoms with Crippen LogP contribution in [0.2, 0.25) is 0 Å². The van der Waals surface area contributed by atoms with Crippen molar-refractivity contribution in [3.63, 3.8) is 0 Å². The summed E-state index contributed by atoms with van der Waals surface area (Å²) < 4.78 is 48.8. The van der Waals surface area contributed by atoms with E-state index < -0.39 is 23.8 Å². The number of allylic oxidation sites excluding steroid dienone is 4. The van der Waals surface area contributed by atoms with Gasteiger partial charge in [0.2, 0.25) is 6.10 Å². The fourth-order valence-corrected chi connectivity index (χ4v) is 2.17. The summed E-state index contributed by atoms with van der Waals surface area (Å²) in [6, 6.07) is 0. The van der Waals surface area contributed by atoms with Gasteiger partial charge in [0.25, 0.3) is 0 Å². The van der Waals surface area contributed by atoms with Gasteiger partial charge in [0.05, 0.1) is 12.7 Å². The second-order valence-corrected chi connectivity index (χ2v) is 4.63. The number of hydrogen-bond donors (Lipinski definition) is 1. The van der Waals surface area contributed by atoms with Crippen molar-refractivity contribution in [3.05, 3.63) is 46.5 Å². The summed E-state index contributed by atoms with van der Waals surface area (Å²) >= 11 is 0. The molecule has 1 aliphatic heterocycles. The van der Waals surface area contributed by atoms with Crippen LogP contribution in [0.3, 0.4) is 0 Å². The highest BCUT2D eigenvalue weighted by Crippen LogP contribution is 2.38. The largest absolute Gasteiger partial charge is 0.500 e. The number of hydrogen-bond acceptors (Lipinski definition) is 3. The SMILES string of the molecule is COC1=C(C)C=C2C=C(C(=O)O)C(C(F)(F)F)OC2=CC1. The topological polar surface area (TPSA) is 55.8 Å². The molecule has 1 atom stereocenters. The molecule has 0 spiro atoms. The summed E-state index contributed by atoms with van der Waals surface area (Å²) in [6.07, 6.45) is -2.99.